The fourth-order valence-electron chi connectivity index (χ4n) is 1.72. The average molecular weight is 246 g/mol. The van der Waals surface area contributed by atoms with Crippen LogP contribution in [0.1, 0.15) is 12.8 Å². The molecule has 0 bridgehead atoms. The van der Waals surface area contributed by atoms with Crippen molar-refractivity contribution in [2.75, 3.05) is 6.61 Å². The number of carbonyl (C=O) groups is 1. The predicted molar refractivity (Wildman–Crippen MR) is 68.0 cm³/mol. The molecule has 94 valence electrons. The molecule has 2 aromatic carbocycles. The van der Waals surface area contributed by atoms with Crippen molar-refractivity contribution in [1.82, 2.24) is 0 Å². The highest BCUT2D eigenvalue weighted by molar-refractivity contribution is 5.85. The summed E-state index contributed by atoms with van der Waals surface area (Å²) in [6.07, 6.45) is 0.585. The van der Waals surface area contributed by atoms with E-state index >= 15 is 0 Å². The van der Waals surface area contributed by atoms with Crippen molar-refractivity contribution >= 4 is 16.7 Å². The number of carboxylic acids is 1. The van der Waals surface area contributed by atoms with E-state index in [1.54, 1.807) is 12.1 Å². The van der Waals surface area contributed by atoms with Crippen molar-refractivity contribution in [1.29, 1.82) is 0 Å². The van der Waals surface area contributed by atoms with E-state index in [4.69, 9.17) is 9.84 Å². The van der Waals surface area contributed by atoms with Gasteiger partial charge in [0.2, 0.25) is 0 Å². The summed E-state index contributed by atoms with van der Waals surface area (Å²) >= 11 is 0. The number of fused-ring (bicyclic) bond motifs is 1. The first-order valence-corrected chi connectivity index (χ1v) is 5.72. The van der Waals surface area contributed by atoms with Crippen molar-refractivity contribution in [2.24, 2.45) is 0 Å². The lowest BCUT2D eigenvalue weighted by molar-refractivity contribution is -0.137. The molecule has 4 nitrogen and oxygen atoms in total. The molecular weight excluding hydrogens is 232 g/mol. The van der Waals surface area contributed by atoms with Gasteiger partial charge in [0.15, 0.2) is 0 Å². The second-order valence-corrected chi connectivity index (χ2v) is 4.04. The highest BCUT2D eigenvalue weighted by Crippen LogP contribution is 2.24. The van der Waals surface area contributed by atoms with Crippen LogP contribution in [0.2, 0.25) is 0 Å². The van der Waals surface area contributed by atoms with Gasteiger partial charge in [-0.3, -0.25) is 4.79 Å². The molecule has 0 amide bonds. The summed E-state index contributed by atoms with van der Waals surface area (Å²) in [7, 11) is 0. The van der Waals surface area contributed by atoms with Gasteiger partial charge in [0.25, 0.3) is 0 Å². The molecule has 0 aliphatic heterocycles. The molecule has 0 unspecified atom stereocenters. The minimum absolute atomic E-state index is 0.106. The van der Waals surface area contributed by atoms with Crippen LogP contribution in [0.3, 0.4) is 0 Å². The third kappa shape index (κ3) is 3.13. The first-order valence-electron chi connectivity index (χ1n) is 5.72. The van der Waals surface area contributed by atoms with Gasteiger partial charge in [0.1, 0.15) is 11.5 Å². The van der Waals surface area contributed by atoms with E-state index in [-0.39, 0.29) is 12.2 Å². The van der Waals surface area contributed by atoms with Crippen LogP contribution >= 0.6 is 0 Å². The van der Waals surface area contributed by atoms with Gasteiger partial charge in [-0.2, -0.15) is 0 Å². The minimum Gasteiger partial charge on any atom is -0.508 e. The van der Waals surface area contributed by atoms with E-state index in [1.165, 1.54) is 0 Å². The number of phenols is 1. The molecule has 0 heterocycles. The van der Waals surface area contributed by atoms with E-state index in [0.29, 0.717) is 18.8 Å². The first-order chi connectivity index (χ1) is 8.65. The second kappa shape index (κ2) is 5.40. The molecule has 18 heavy (non-hydrogen) atoms. The number of aliphatic carboxylic acids is 1. The molecule has 0 saturated carbocycles. The third-order valence-corrected chi connectivity index (χ3v) is 2.60. The number of rotatable bonds is 5. The van der Waals surface area contributed by atoms with Gasteiger partial charge in [-0.1, -0.05) is 12.1 Å². The molecule has 0 fully saturated rings. The van der Waals surface area contributed by atoms with E-state index in [2.05, 4.69) is 0 Å². The summed E-state index contributed by atoms with van der Waals surface area (Å²) in [4.78, 5) is 10.3. The molecule has 0 spiro atoms. The Morgan fingerprint density at radius 3 is 2.67 bits per heavy atom. The number of carboxylic acid groups (broad SMARTS) is 1. The molecule has 0 radical (unpaired) electrons. The quantitative estimate of drug-likeness (QED) is 0.796. The topological polar surface area (TPSA) is 66.8 Å². The summed E-state index contributed by atoms with van der Waals surface area (Å²) in [5.41, 5.74) is 0. The smallest absolute Gasteiger partial charge is 0.303 e. The van der Waals surface area contributed by atoms with E-state index in [1.807, 2.05) is 24.3 Å². The molecule has 0 aliphatic rings. The van der Waals surface area contributed by atoms with Gasteiger partial charge in [-0.25, -0.2) is 0 Å². The Morgan fingerprint density at radius 2 is 1.89 bits per heavy atom. The van der Waals surface area contributed by atoms with Crippen molar-refractivity contribution in [3.8, 4) is 11.5 Å². The molecule has 2 aromatic rings. The van der Waals surface area contributed by atoms with Crippen LogP contribution in [0.4, 0.5) is 0 Å². The van der Waals surface area contributed by atoms with Gasteiger partial charge in [-0.15, -0.1) is 0 Å². The molecule has 0 aromatic heterocycles. The van der Waals surface area contributed by atoms with Gasteiger partial charge >= 0.3 is 5.97 Å². The number of phenolic OH excluding ortho intramolecular Hbond substituents is 1. The molecule has 0 aliphatic carbocycles. The monoisotopic (exact) mass is 246 g/mol. The summed E-state index contributed by atoms with van der Waals surface area (Å²) < 4.78 is 5.46. The van der Waals surface area contributed by atoms with E-state index in [0.717, 1.165) is 10.8 Å². The number of hydrogen-bond donors (Lipinski definition) is 2. The Kier molecular flexibility index (Phi) is 3.67. The third-order valence-electron chi connectivity index (χ3n) is 2.60. The molecule has 2 N–H and O–H groups in total. The van der Waals surface area contributed by atoms with Crippen molar-refractivity contribution < 1.29 is 19.7 Å². The van der Waals surface area contributed by atoms with Crippen molar-refractivity contribution in [3.05, 3.63) is 36.4 Å². The first kappa shape index (κ1) is 12.2. The van der Waals surface area contributed by atoms with E-state index in [9.17, 15) is 9.90 Å². The number of hydrogen-bond acceptors (Lipinski definition) is 3. The lowest BCUT2D eigenvalue weighted by Crippen LogP contribution is -2.01. The van der Waals surface area contributed by atoms with Crippen molar-refractivity contribution in [3.63, 3.8) is 0 Å². The standard InChI is InChI=1S/C14H14O4/c15-12-5-3-10-4-6-13(9-11(10)8-12)18-7-1-2-14(16)17/h3-6,8-9,15H,1-2,7H2,(H,16,17). The zero-order valence-electron chi connectivity index (χ0n) is 9.80. The van der Waals surface area contributed by atoms with Gasteiger partial charge in [0.05, 0.1) is 6.61 Å². The number of benzene rings is 2. The number of ether oxygens (including phenoxy) is 1. The second-order valence-electron chi connectivity index (χ2n) is 4.04. The van der Waals surface area contributed by atoms with Crippen molar-refractivity contribution in [2.45, 2.75) is 12.8 Å². The highest BCUT2D eigenvalue weighted by Gasteiger charge is 2.00. The Morgan fingerprint density at radius 1 is 1.11 bits per heavy atom. The van der Waals surface area contributed by atoms with Crippen LogP contribution in [-0.2, 0) is 4.79 Å². The van der Waals surface area contributed by atoms with Crippen LogP contribution in [0.25, 0.3) is 10.8 Å². The lowest BCUT2D eigenvalue weighted by Gasteiger charge is -2.06. The summed E-state index contributed by atoms with van der Waals surface area (Å²) in [5, 5.41) is 19.8. The SMILES string of the molecule is O=C(O)CCCOc1ccc2ccc(O)cc2c1. The summed E-state index contributed by atoms with van der Waals surface area (Å²) in [6.45, 7) is 0.372. The minimum atomic E-state index is -0.818. The Balaban J connectivity index is 2.03. The lowest BCUT2D eigenvalue weighted by atomic mass is 10.1. The van der Waals surface area contributed by atoms with Crippen LogP contribution < -0.4 is 4.74 Å². The summed E-state index contributed by atoms with van der Waals surface area (Å²) in [5.74, 6) is 0.0750. The zero-order chi connectivity index (χ0) is 13.0. The summed E-state index contributed by atoms with van der Waals surface area (Å²) in [6, 6.07) is 10.7. The van der Waals surface area contributed by atoms with Gasteiger partial charge in [-0.05, 0) is 41.5 Å². The number of aromatic hydroxyl groups is 1. The maximum Gasteiger partial charge on any atom is 0.303 e. The molecule has 0 atom stereocenters. The molecule has 4 heteroatoms. The fourth-order valence-corrected chi connectivity index (χ4v) is 1.72. The van der Waals surface area contributed by atoms with Crippen LogP contribution in [0.5, 0.6) is 11.5 Å². The van der Waals surface area contributed by atoms with Crippen LogP contribution in [0.15, 0.2) is 36.4 Å². The van der Waals surface area contributed by atoms with Gasteiger partial charge < -0.3 is 14.9 Å². The Bertz CT molecular complexity index is 563. The highest BCUT2D eigenvalue weighted by atomic mass is 16.5. The maximum absolute atomic E-state index is 10.3. The Labute approximate surface area is 104 Å². The molecule has 0 saturated heterocycles. The molecular formula is C14H14O4. The average Bonchev–Trinajstić information content (AvgIpc) is 2.34. The predicted octanol–water partition coefficient (Wildman–Crippen LogP) is 2.79. The van der Waals surface area contributed by atoms with E-state index < -0.39 is 5.97 Å². The normalized spacial score (nSPS) is 10.4. The van der Waals surface area contributed by atoms with Gasteiger partial charge in [0, 0.05) is 6.42 Å². The Hall–Kier alpha value is -2.23. The maximum atomic E-state index is 10.3. The zero-order valence-corrected chi connectivity index (χ0v) is 9.80. The van der Waals surface area contributed by atoms with Crippen LogP contribution in [-0.4, -0.2) is 22.8 Å². The largest absolute Gasteiger partial charge is 0.508 e. The molecule has 2 rings (SSSR count). The van der Waals surface area contributed by atoms with Crippen LogP contribution in [0, 0.1) is 0 Å². The fraction of sp³-hybridized carbons (Fsp3) is 0.214.